The molecule has 0 unspecified atom stereocenters. The largest absolute Gasteiger partial charge is 0.481 e. The van der Waals surface area contributed by atoms with Crippen LogP contribution >= 0.6 is 0 Å². The van der Waals surface area contributed by atoms with E-state index in [4.69, 9.17) is 39.6 Å². The van der Waals surface area contributed by atoms with E-state index in [1.165, 1.54) is 0 Å². The van der Waals surface area contributed by atoms with Gasteiger partial charge in [-0.2, -0.15) is 0 Å². The van der Waals surface area contributed by atoms with Crippen LogP contribution in [0.4, 0.5) is 0 Å². The molecule has 0 aliphatic carbocycles. The van der Waals surface area contributed by atoms with E-state index in [0.29, 0.717) is 0 Å². The lowest BCUT2D eigenvalue weighted by molar-refractivity contribution is -0.135. The number of aliphatic carboxylic acids is 4. The average Bonchev–Trinajstić information content (AvgIpc) is 2.01. The Hall–Kier alpha value is -2.50. The van der Waals surface area contributed by atoms with Crippen molar-refractivity contribution in [2.45, 2.75) is 27.7 Å². The maximum absolute atomic E-state index is 9.00. The number of hydrogen-bond acceptors (Lipinski definition) is 6. The molecule has 0 atom stereocenters. The molecule has 0 aliphatic rings. The van der Waals surface area contributed by atoms with Crippen molar-refractivity contribution in [2.24, 2.45) is 0 Å². The third-order valence-electron chi connectivity index (χ3n) is 0. The van der Waals surface area contributed by atoms with Crippen LogP contribution in [0, 0.1) is 0 Å². The molecule has 0 rings (SSSR count). The summed E-state index contributed by atoms with van der Waals surface area (Å²) in [5.41, 5.74) is 0. The van der Waals surface area contributed by atoms with E-state index < -0.39 is 23.9 Å². The topological polar surface area (TPSA) is 251 Å². The molecular weight excluding hydrogens is 292 g/mol. The molecule has 132 valence electrons. The van der Waals surface area contributed by atoms with Gasteiger partial charge in [0.15, 0.2) is 0 Å². The molecule has 0 aromatic carbocycles. The summed E-state index contributed by atoms with van der Waals surface area (Å²) in [6.45, 7) is 10.3. The van der Waals surface area contributed by atoms with Crippen LogP contribution in [0.5, 0.6) is 0 Å². The molecule has 0 aromatic heterocycles. The first kappa shape index (κ1) is 51.4. The zero-order valence-corrected chi connectivity index (χ0v) is 12.8. The van der Waals surface area contributed by atoms with Crippen molar-refractivity contribution in [3.05, 3.63) is 13.2 Å². The van der Waals surface area contributed by atoms with Crippen molar-refractivity contribution in [3.8, 4) is 0 Å². The van der Waals surface area contributed by atoms with Crippen LogP contribution in [0.2, 0.25) is 0 Å². The van der Waals surface area contributed by atoms with Gasteiger partial charge in [0.2, 0.25) is 0 Å². The molecule has 0 amide bonds. The summed E-state index contributed by atoms with van der Waals surface area (Å²) in [4.78, 5) is 36.0. The summed E-state index contributed by atoms with van der Waals surface area (Å²) < 4.78 is 0. The van der Waals surface area contributed by atoms with Crippen LogP contribution in [-0.4, -0.2) is 49.8 Å². The lowest BCUT2D eigenvalue weighted by Gasteiger charge is -1.59. The molecule has 0 aromatic rings. The molecule has 11 nitrogen and oxygen atoms in total. The highest BCUT2D eigenvalue weighted by molar-refractivity contribution is 5.63. The monoisotopic (exact) mass is 320 g/mol. The quantitative estimate of drug-likeness (QED) is 0.340. The maximum atomic E-state index is 9.00. The summed E-state index contributed by atoms with van der Waals surface area (Å²) in [6.07, 6.45) is 0. The van der Waals surface area contributed by atoms with Gasteiger partial charge in [0.1, 0.15) is 0 Å². The Morgan fingerprint density at radius 2 is 0.571 bits per heavy atom. The molecule has 0 aliphatic heterocycles. The van der Waals surface area contributed by atoms with Crippen LogP contribution < -0.4 is 12.3 Å². The molecule has 0 bridgehead atoms. The normalized spacial score (nSPS) is 4.95. The first-order chi connectivity index (χ1) is 7.93. The first-order valence-electron chi connectivity index (χ1n) is 4.21. The second kappa shape index (κ2) is 52.8. The summed E-state index contributed by atoms with van der Waals surface area (Å²) in [6, 6.07) is 0. The second-order valence-electron chi connectivity index (χ2n) is 2.08. The van der Waals surface area contributed by atoms with Crippen LogP contribution in [0.1, 0.15) is 27.7 Å². The van der Waals surface area contributed by atoms with E-state index in [-0.39, 0.29) is 17.8 Å². The molecule has 11 heteroatoms. The number of hydrogen-bond donors (Lipinski definition) is 6. The van der Waals surface area contributed by atoms with Gasteiger partial charge in [-0.25, -0.2) is 0 Å². The van der Waals surface area contributed by atoms with Crippen LogP contribution in [0.3, 0.4) is 0 Å². The SMILES string of the molecule is C=C.CC(=O)O.CC(=O)O.CC(=O)O.CC(=O)O.N.N.O. The Kier molecular flexibility index (Phi) is 129. The second-order valence-corrected chi connectivity index (χ2v) is 2.08. The average molecular weight is 320 g/mol. The third kappa shape index (κ3) is 673. The van der Waals surface area contributed by atoms with E-state index >= 15 is 0 Å². The predicted molar refractivity (Wildman–Crippen MR) is 78.2 cm³/mol. The Balaban J connectivity index is -0.0000000164. The third-order valence-corrected chi connectivity index (χ3v) is 0. The molecule has 0 fully saturated rings. The van der Waals surface area contributed by atoms with Gasteiger partial charge in [-0.1, -0.05) is 0 Å². The van der Waals surface area contributed by atoms with Crippen molar-refractivity contribution in [1.82, 2.24) is 12.3 Å². The summed E-state index contributed by atoms with van der Waals surface area (Å²) >= 11 is 0. The Labute approximate surface area is 123 Å². The van der Waals surface area contributed by atoms with Gasteiger partial charge >= 0.3 is 0 Å². The smallest absolute Gasteiger partial charge is 0.300 e. The van der Waals surface area contributed by atoms with E-state index in [1.807, 2.05) is 0 Å². The van der Waals surface area contributed by atoms with Gasteiger partial charge in [0.05, 0.1) is 0 Å². The molecular formula is C10H28N2O9. The molecule has 21 heavy (non-hydrogen) atoms. The minimum Gasteiger partial charge on any atom is -0.481 e. The highest BCUT2D eigenvalue weighted by atomic mass is 16.4. The fourth-order valence-corrected chi connectivity index (χ4v) is 0. The van der Waals surface area contributed by atoms with Crippen LogP contribution in [-0.2, 0) is 19.2 Å². The van der Waals surface area contributed by atoms with Crippen LogP contribution in [0.15, 0.2) is 13.2 Å². The molecule has 0 saturated heterocycles. The van der Waals surface area contributed by atoms with Crippen molar-refractivity contribution < 1.29 is 45.1 Å². The number of rotatable bonds is 0. The maximum Gasteiger partial charge on any atom is 0.300 e. The van der Waals surface area contributed by atoms with E-state index in [9.17, 15) is 0 Å². The summed E-state index contributed by atoms with van der Waals surface area (Å²) in [5.74, 6) is -3.33. The number of carbonyl (C=O) groups is 4. The summed E-state index contributed by atoms with van der Waals surface area (Å²) in [7, 11) is 0. The number of carboxylic acid groups (broad SMARTS) is 4. The van der Waals surface area contributed by atoms with Crippen LogP contribution in [0.25, 0.3) is 0 Å². The van der Waals surface area contributed by atoms with E-state index in [0.717, 1.165) is 27.7 Å². The number of carboxylic acids is 4. The zero-order valence-electron chi connectivity index (χ0n) is 12.8. The predicted octanol–water partition coefficient (Wildman–Crippen LogP) is 0.665. The molecule has 0 radical (unpaired) electrons. The lowest BCUT2D eigenvalue weighted by atomic mass is 10.9. The summed E-state index contributed by atoms with van der Waals surface area (Å²) in [5, 5.41) is 29.7. The minimum absolute atomic E-state index is 0. The Morgan fingerprint density at radius 1 is 0.571 bits per heavy atom. The van der Waals surface area contributed by atoms with E-state index in [1.54, 1.807) is 0 Å². The van der Waals surface area contributed by atoms with Gasteiger partial charge in [0, 0.05) is 27.7 Å². The minimum atomic E-state index is -0.833. The first-order valence-corrected chi connectivity index (χ1v) is 4.21. The van der Waals surface area contributed by atoms with Gasteiger partial charge in [-0.3, -0.25) is 19.2 Å². The fourth-order valence-electron chi connectivity index (χ4n) is 0. The zero-order chi connectivity index (χ0) is 16.3. The molecule has 0 heterocycles. The Bertz CT molecular complexity index is 181. The fraction of sp³-hybridized carbons (Fsp3) is 0.400. The Morgan fingerprint density at radius 3 is 0.571 bits per heavy atom. The highest BCUT2D eigenvalue weighted by Gasteiger charge is 1.66. The van der Waals surface area contributed by atoms with Gasteiger partial charge in [-0.05, 0) is 0 Å². The lowest BCUT2D eigenvalue weighted by Crippen LogP contribution is -1.78. The van der Waals surface area contributed by atoms with Crippen molar-refractivity contribution >= 4 is 23.9 Å². The highest BCUT2D eigenvalue weighted by Crippen LogP contribution is 1.43. The van der Waals surface area contributed by atoms with Crippen molar-refractivity contribution in [1.29, 1.82) is 0 Å². The molecule has 0 saturated carbocycles. The standard InChI is InChI=1S/4C2H4O2.C2H4.2H3N.H2O/c4*1-2(3)4;1-2;;;/h4*1H3,(H,3,4);1-2H2;2*1H3;1H2. The van der Waals surface area contributed by atoms with Crippen molar-refractivity contribution in [3.63, 3.8) is 0 Å². The van der Waals surface area contributed by atoms with Crippen molar-refractivity contribution in [2.75, 3.05) is 0 Å². The van der Waals surface area contributed by atoms with E-state index in [2.05, 4.69) is 13.2 Å². The van der Waals surface area contributed by atoms with Gasteiger partial charge in [-0.15, -0.1) is 13.2 Å². The molecule has 0 spiro atoms. The van der Waals surface area contributed by atoms with Gasteiger partial charge < -0.3 is 38.2 Å². The van der Waals surface area contributed by atoms with Gasteiger partial charge in [0.25, 0.3) is 23.9 Å². The molecule has 12 N–H and O–H groups in total.